The Labute approximate surface area is 170 Å². The fourth-order valence-corrected chi connectivity index (χ4v) is 4.02. The van der Waals surface area contributed by atoms with Crippen molar-refractivity contribution in [2.24, 2.45) is 0 Å². The van der Waals surface area contributed by atoms with Gasteiger partial charge in [-0.15, -0.1) is 0 Å². The number of rotatable bonds is 4. The zero-order valence-corrected chi connectivity index (χ0v) is 17.1. The highest BCUT2D eigenvalue weighted by Crippen LogP contribution is 2.34. The quantitative estimate of drug-likeness (QED) is 0.351. The molecule has 0 amide bonds. The van der Waals surface area contributed by atoms with Crippen molar-refractivity contribution in [3.05, 3.63) is 75.1 Å². The van der Waals surface area contributed by atoms with Gasteiger partial charge in [-0.2, -0.15) is 4.98 Å². The van der Waals surface area contributed by atoms with Crippen LogP contribution in [-0.2, 0) is 0 Å². The predicted molar refractivity (Wildman–Crippen MR) is 110 cm³/mol. The largest absolute Gasteiger partial charge is 0.338 e. The molecule has 4 aromatic rings. The topological polar surface area (TPSA) is 73.8 Å². The minimum atomic E-state index is -0.180. The third kappa shape index (κ3) is 3.55. The molecule has 8 heteroatoms. The van der Waals surface area contributed by atoms with Crippen LogP contribution in [0.3, 0.4) is 0 Å². The number of fused-ring (bicyclic) bond motifs is 1. The van der Waals surface area contributed by atoms with Gasteiger partial charge in [0.2, 0.25) is 5.89 Å². The average molecular weight is 413 g/mol. The average Bonchev–Trinajstić information content (AvgIpc) is 3.08. The molecule has 0 aliphatic heterocycles. The molecule has 0 radical (unpaired) electrons. The lowest BCUT2D eigenvalue weighted by Gasteiger charge is -2.15. The molecule has 0 spiro atoms. The first kappa shape index (κ1) is 18.7. The Kier molecular flexibility index (Phi) is 4.95. The van der Waals surface area contributed by atoms with Crippen molar-refractivity contribution in [2.75, 3.05) is 0 Å². The lowest BCUT2D eigenvalue weighted by Crippen LogP contribution is -2.22. The van der Waals surface area contributed by atoms with Gasteiger partial charge in [-0.25, -0.2) is 4.98 Å². The third-order valence-electron chi connectivity index (χ3n) is 4.23. The molecule has 28 heavy (non-hydrogen) atoms. The molecule has 142 valence electrons. The summed E-state index contributed by atoms with van der Waals surface area (Å²) in [7, 11) is 0. The maximum absolute atomic E-state index is 13.3. The van der Waals surface area contributed by atoms with E-state index in [1.54, 1.807) is 29.7 Å². The van der Waals surface area contributed by atoms with Gasteiger partial charge in [0.15, 0.2) is 11.0 Å². The van der Waals surface area contributed by atoms with Crippen molar-refractivity contribution in [1.29, 1.82) is 0 Å². The van der Waals surface area contributed by atoms with Gasteiger partial charge >= 0.3 is 0 Å². The summed E-state index contributed by atoms with van der Waals surface area (Å²) in [6.45, 7) is 5.69. The first-order chi connectivity index (χ1) is 13.4. The van der Waals surface area contributed by atoms with Gasteiger partial charge in [0.25, 0.3) is 5.56 Å². The lowest BCUT2D eigenvalue weighted by molar-refractivity contribution is 0.376. The number of hydrogen-bond acceptors (Lipinski definition) is 6. The van der Waals surface area contributed by atoms with E-state index in [2.05, 4.69) is 10.1 Å². The SMILES string of the molecule is Cc1cccc(-n2c(S[C@H](C)c3nc(C)no3)nc3cc(Cl)ccc3c2=O)c1. The molecule has 0 fully saturated rings. The molecule has 0 unspecified atom stereocenters. The Morgan fingerprint density at radius 2 is 1.96 bits per heavy atom. The van der Waals surface area contributed by atoms with Crippen LogP contribution < -0.4 is 5.56 Å². The Morgan fingerprint density at radius 3 is 2.68 bits per heavy atom. The van der Waals surface area contributed by atoms with E-state index in [0.717, 1.165) is 11.3 Å². The van der Waals surface area contributed by atoms with Gasteiger partial charge in [-0.3, -0.25) is 9.36 Å². The highest BCUT2D eigenvalue weighted by molar-refractivity contribution is 7.99. The molecule has 2 aromatic carbocycles. The minimum absolute atomic E-state index is 0.149. The standard InChI is InChI=1S/C20H17ClN4O2S/c1-11-5-4-6-15(9-11)25-19(26)16-8-7-14(21)10-17(16)23-20(25)28-12(2)18-22-13(3)24-27-18/h4-10,12H,1-3H3/t12-/m1/s1. The normalized spacial score (nSPS) is 12.4. The molecule has 6 nitrogen and oxygen atoms in total. The molecule has 0 N–H and O–H groups in total. The number of thioether (sulfide) groups is 1. The number of aromatic nitrogens is 4. The summed E-state index contributed by atoms with van der Waals surface area (Å²) in [5, 5.41) is 5.24. The maximum Gasteiger partial charge on any atom is 0.266 e. The summed E-state index contributed by atoms with van der Waals surface area (Å²) in [4.78, 5) is 22.3. The summed E-state index contributed by atoms with van der Waals surface area (Å²) < 4.78 is 6.90. The molecule has 0 aliphatic carbocycles. The minimum Gasteiger partial charge on any atom is -0.338 e. The van der Waals surface area contributed by atoms with Crippen LogP contribution in [0.25, 0.3) is 16.6 Å². The fourth-order valence-electron chi connectivity index (χ4n) is 2.90. The lowest BCUT2D eigenvalue weighted by atomic mass is 10.2. The number of halogens is 1. The third-order valence-corrected chi connectivity index (χ3v) is 5.51. The summed E-state index contributed by atoms with van der Waals surface area (Å²) in [6.07, 6.45) is 0. The van der Waals surface area contributed by atoms with Crippen molar-refractivity contribution in [2.45, 2.75) is 31.2 Å². The van der Waals surface area contributed by atoms with Crippen molar-refractivity contribution < 1.29 is 4.52 Å². The van der Waals surface area contributed by atoms with Crippen molar-refractivity contribution in [3.63, 3.8) is 0 Å². The Morgan fingerprint density at radius 1 is 1.14 bits per heavy atom. The van der Waals surface area contributed by atoms with Gasteiger partial charge in [-0.1, -0.05) is 40.7 Å². The molecule has 4 rings (SSSR count). The summed E-state index contributed by atoms with van der Waals surface area (Å²) >= 11 is 7.50. The Balaban J connectivity index is 1.91. The molecule has 0 saturated heterocycles. The van der Waals surface area contributed by atoms with E-state index in [-0.39, 0.29) is 10.8 Å². The zero-order chi connectivity index (χ0) is 19.8. The van der Waals surface area contributed by atoms with Crippen LogP contribution in [0.4, 0.5) is 0 Å². The second-order valence-corrected chi connectivity index (χ2v) is 8.22. The van der Waals surface area contributed by atoms with E-state index in [1.807, 2.05) is 38.1 Å². The van der Waals surface area contributed by atoms with Crippen molar-refractivity contribution >= 4 is 34.3 Å². The van der Waals surface area contributed by atoms with Crippen molar-refractivity contribution in [1.82, 2.24) is 19.7 Å². The van der Waals surface area contributed by atoms with Crippen LogP contribution in [-0.4, -0.2) is 19.7 Å². The predicted octanol–water partition coefficient (Wildman–Crippen LogP) is 4.89. The van der Waals surface area contributed by atoms with Crippen LogP contribution in [0.1, 0.15) is 29.5 Å². The number of hydrogen-bond donors (Lipinski definition) is 0. The van der Waals surface area contributed by atoms with Crippen LogP contribution in [0.15, 0.2) is 56.9 Å². The van der Waals surface area contributed by atoms with Crippen LogP contribution in [0.5, 0.6) is 0 Å². The molecule has 0 bridgehead atoms. The number of nitrogens with zero attached hydrogens (tertiary/aromatic N) is 4. The first-order valence-corrected chi connectivity index (χ1v) is 9.94. The molecular formula is C20H17ClN4O2S. The highest BCUT2D eigenvalue weighted by Gasteiger charge is 2.20. The monoisotopic (exact) mass is 412 g/mol. The van der Waals surface area contributed by atoms with E-state index >= 15 is 0 Å². The van der Waals surface area contributed by atoms with Gasteiger partial charge in [-0.05, 0) is 56.7 Å². The van der Waals surface area contributed by atoms with Gasteiger partial charge in [0.05, 0.1) is 21.8 Å². The molecule has 0 saturated carbocycles. The molecular weight excluding hydrogens is 396 g/mol. The van der Waals surface area contributed by atoms with Gasteiger partial charge < -0.3 is 4.52 Å². The summed E-state index contributed by atoms with van der Waals surface area (Å²) in [5.41, 5.74) is 2.21. The highest BCUT2D eigenvalue weighted by atomic mass is 35.5. The summed E-state index contributed by atoms with van der Waals surface area (Å²) in [5.74, 6) is 1.05. The smallest absolute Gasteiger partial charge is 0.266 e. The summed E-state index contributed by atoms with van der Waals surface area (Å²) in [6, 6.07) is 12.9. The van der Waals surface area contributed by atoms with Crippen LogP contribution >= 0.6 is 23.4 Å². The van der Waals surface area contributed by atoms with E-state index in [1.165, 1.54) is 11.8 Å². The Bertz CT molecular complexity index is 1230. The van der Waals surface area contributed by atoms with E-state index in [9.17, 15) is 4.79 Å². The zero-order valence-electron chi connectivity index (χ0n) is 15.5. The van der Waals surface area contributed by atoms with Crippen LogP contribution in [0.2, 0.25) is 5.02 Å². The molecule has 1 atom stereocenters. The maximum atomic E-state index is 13.3. The van der Waals surface area contributed by atoms with Crippen molar-refractivity contribution in [3.8, 4) is 5.69 Å². The second-order valence-electron chi connectivity index (χ2n) is 6.48. The molecule has 2 aromatic heterocycles. The van der Waals surface area contributed by atoms with E-state index in [0.29, 0.717) is 32.8 Å². The second kappa shape index (κ2) is 7.41. The first-order valence-electron chi connectivity index (χ1n) is 8.68. The van der Waals surface area contributed by atoms with E-state index < -0.39 is 0 Å². The van der Waals surface area contributed by atoms with Crippen LogP contribution in [0, 0.1) is 13.8 Å². The number of benzene rings is 2. The van der Waals surface area contributed by atoms with Gasteiger partial charge in [0, 0.05) is 5.02 Å². The fraction of sp³-hybridized carbons (Fsp3) is 0.200. The molecule has 2 heterocycles. The van der Waals surface area contributed by atoms with Gasteiger partial charge in [0.1, 0.15) is 0 Å². The molecule has 0 aliphatic rings. The number of aryl methyl sites for hydroxylation is 2. The Hall–Kier alpha value is -2.64. The van der Waals surface area contributed by atoms with E-state index in [4.69, 9.17) is 21.1 Å².